The Hall–Kier alpha value is -4.03. The van der Waals surface area contributed by atoms with Crippen molar-refractivity contribution >= 4 is 56.6 Å². The van der Waals surface area contributed by atoms with Crippen LogP contribution in [0.2, 0.25) is 0 Å². The molecule has 5 aromatic rings. The number of nitrogens with two attached hydrogens (primary N) is 1. The number of fused-ring (bicyclic) bond motifs is 1. The van der Waals surface area contributed by atoms with E-state index in [1.54, 1.807) is 30.7 Å². The van der Waals surface area contributed by atoms with E-state index < -0.39 is 10.0 Å². The van der Waals surface area contributed by atoms with E-state index in [-0.39, 0.29) is 23.3 Å². The minimum atomic E-state index is -3.83. The molecule has 0 aliphatic carbocycles. The van der Waals surface area contributed by atoms with Gasteiger partial charge in [-0.15, -0.1) is 12.4 Å². The molecule has 0 aliphatic rings. The molecule has 5 rings (SSSR count). The Bertz CT molecular complexity index is 1630. The van der Waals surface area contributed by atoms with Gasteiger partial charge in [0.1, 0.15) is 0 Å². The third kappa shape index (κ3) is 6.45. The second-order valence-corrected chi connectivity index (χ2v) is 10.2. The predicted octanol–water partition coefficient (Wildman–Crippen LogP) is 4.44. The fraction of sp³-hybridized carbons (Fsp3) is 0.115. The summed E-state index contributed by atoms with van der Waals surface area (Å²) >= 11 is 0. The van der Waals surface area contributed by atoms with E-state index in [4.69, 9.17) is 10.1 Å². The highest BCUT2D eigenvalue weighted by atomic mass is 35.5. The normalized spacial score (nSPS) is 12.1. The van der Waals surface area contributed by atoms with E-state index in [9.17, 15) is 8.42 Å². The summed E-state index contributed by atoms with van der Waals surface area (Å²) < 4.78 is 23.5. The first-order valence-electron chi connectivity index (χ1n) is 11.6. The number of hydrogen-bond acceptors (Lipinski definition) is 8. The van der Waals surface area contributed by atoms with E-state index in [0.717, 1.165) is 23.1 Å². The van der Waals surface area contributed by atoms with Crippen molar-refractivity contribution in [1.82, 2.24) is 25.4 Å². The van der Waals surface area contributed by atoms with E-state index in [1.165, 1.54) is 17.7 Å². The molecule has 0 amide bonds. The predicted molar refractivity (Wildman–Crippen MR) is 151 cm³/mol. The smallest absolute Gasteiger partial charge is 0.238 e. The first kappa shape index (κ1) is 27.0. The maximum absolute atomic E-state index is 11.7. The zero-order chi connectivity index (χ0) is 25.8. The third-order valence-electron chi connectivity index (χ3n) is 5.68. The molecule has 0 saturated carbocycles. The molecule has 5 N–H and O–H groups in total. The topological polar surface area (TPSA) is 142 Å². The molecule has 1 unspecified atom stereocenters. The van der Waals surface area contributed by atoms with Crippen molar-refractivity contribution in [1.29, 1.82) is 0 Å². The van der Waals surface area contributed by atoms with Crippen LogP contribution in [0.4, 0.5) is 23.1 Å². The molecular weight excluding hydrogens is 524 g/mol. The highest BCUT2D eigenvalue weighted by Crippen LogP contribution is 2.26. The molecule has 2 heterocycles. The van der Waals surface area contributed by atoms with Gasteiger partial charge in [-0.05, 0) is 55.3 Å². The molecule has 3 aromatic carbocycles. The number of sulfonamides is 1. The van der Waals surface area contributed by atoms with Gasteiger partial charge in [-0.1, -0.05) is 36.4 Å². The number of halogens is 1. The number of aromatic nitrogens is 4. The second-order valence-electron chi connectivity index (χ2n) is 8.60. The third-order valence-corrected chi connectivity index (χ3v) is 6.60. The van der Waals surface area contributed by atoms with E-state index in [2.05, 4.69) is 44.8 Å². The molecule has 0 bridgehead atoms. The number of hydrazine groups is 1. The summed E-state index contributed by atoms with van der Waals surface area (Å²) in [5.41, 5.74) is 7.89. The summed E-state index contributed by atoms with van der Waals surface area (Å²) in [6.07, 6.45) is 4.10. The van der Waals surface area contributed by atoms with Crippen molar-refractivity contribution in [3.8, 4) is 0 Å². The Morgan fingerprint density at radius 1 is 1.00 bits per heavy atom. The van der Waals surface area contributed by atoms with Crippen molar-refractivity contribution in [3.05, 3.63) is 97.0 Å². The molecule has 0 radical (unpaired) electrons. The zero-order valence-electron chi connectivity index (χ0n) is 20.4. The van der Waals surface area contributed by atoms with Crippen molar-refractivity contribution in [2.45, 2.75) is 24.3 Å². The maximum Gasteiger partial charge on any atom is 0.238 e. The molecule has 2 aromatic heterocycles. The Labute approximate surface area is 226 Å². The quantitative estimate of drug-likeness (QED) is 0.197. The molecule has 10 nitrogen and oxygen atoms in total. The van der Waals surface area contributed by atoms with Crippen LogP contribution in [-0.4, -0.2) is 34.4 Å². The van der Waals surface area contributed by atoms with Gasteiger partial charge >= 0.3 is 0 Å². The van der Waals surface area contributed by atoms with Gasteiger partial charge in [0, 0.05) is 24.0 Å². The molecule has 0 fully saturated rings. The lowest BCUT2D eigenvalue weighted by Crippen LogP contribution is -2.42. The van der Waals surface area contributed by atoms with Gasteiger partial charge in [0.15, 0.2) is 5.82 Å². The van der Waals surface area contributed by atoms with Gasteiger partial charge in [-0.25, -0.2) is 29.0 Å². The molecule has 196 valence electrons. The van der Waals surface area contributed by atoms with Crippen LogP contribution in [-0.2, 0) is 16.4 Å². The Morgan fingerprint density at radius 3 is 2.61 bits per heavy atom. The molecule has 12 heteroatoms. The average Bonchev–Trinajstić information content (AvgIpc) is 3.36. The van der Waals surface area contributed by atoms with Gasteiger partial charge in [-0.3, -0.25) is 5.01 Å². The lowest BCUT2D eigenvalue weighted by molar-refractivity contribution is 0.551. The van der Waals surface area contributed by atoms with Gasteiger partial charge in [-0.2, -0.15) is 4.98 Å². The lowest BCUT2D eigenvalue weighted by atomic mass is 10.1. The minimum absolute atomic E-state index is 0. The van der Waals surface area contributed by atoms with Crippen LogP contribution in [0.25, 0.3) is 11.0 Å². The molecule has 0 aliphatic heterocycles. The number of nitrogens with one attached hydrogen (secondary N) is 3. The van der Waals surface area contributed by atoms with Crippen molar-refractivity contribution < 1.29 is 8.42 Å². The number of hydrogen-bond donors (Lipinski definition) is 4. The summed E-state index contributed by atoms with van der Waals surface area (Å²) in [4.78, 5) is 16.5. The number of nitrogens with zero attached hydrogens (tertiary/aromatic N) is 4. The summed E-state index contributed by atoms with van der Waals surface area (Å²) in [6, 6.07) is 24.2. The van der Waals surface area contributed by atoms with Gasteiger partial charge in [0.2, 0.25) is 16.0 Å². The lowest BCUT2D eigenvalue weighted by Gasteiger charge is -2.28. The van der Waals surface area contributed by atoms with Gasteiger partial charge in [0.05, 0.1) is 27.9 Å². The molecule has 1 atom stereocenters. The van der Waals surface area contributed by atoms with Crippen LogP contribution in [0.3, 0.4) is 0 Å². The highest BCUT2D eigenvalue weighted by molar-refractivity contribution is 7.89. The number of benzene rings is 3. The summed E-state index contributed by atoms with van der Waals surface area (Å²) in [6.45, 7) is 2.10. The zero-order valence-corrected chi connectivity index (χ0v) is 22.1. The van der Waals surface area contributed by atoms with Crippen molar-refractivity contribution in [3.63, 3.8) is 0 Å². The largest absolute Gasteiger partial charge is 0.345 e. The average molecular weight is 551 g/mol. The van der Waals surface area contributed by atoms with Crippen LogP contribution in [0, 0.1) is 0 Å². The number of imidazole rings is 1. The molecule has 0 saturated heterocycles. The molecular formula is C26H27ClN8O2S. The summed E-state index contributed by atoms with van der Waals surface area (Å²) in [5.74, 6) is 0.896. The highest BCUT2D eigenvalue weighted by Gasteiger charge is 2.17. The first-order valence-corrected chi connectivity index (χ1v) is 13.2. The van der Waals surface area contributed by atoms with E-state index in [1.807, 2.05) is 41.4 Å². The Kier molecular flexibility index (Phi) is 8.23. The van der Waals surface area contributed by atoms with Gasteiger partial charge < -0.3 is 10.3 Å². The SMILES string of the molecule is CC(Cc1ccccc1)NN(c1ccc2nc[nH]c2c1)c1ccnc(Nc2cccc(S(N)(=O)=O)c2)n1.Cl. The Morgan fingerprint density at radius 2 is 1.82 bits per heavy atom. The minimum Gasteiger partial charge on any atom is -0.345 e. The van der Waals surface area contributed by atoms with Crippen LogP contribution in [0.1, 0.15) is 12.5 Å². The molecule has 38 heavy (non-hydrogen) atoms. The first-order chi connectivity index (χ1) is 17.8. The summed E-state index contributed by atoms with van der Waals surface area (Å²) in [5, 5.41) is 10.2. The Balaban J connectivity index is 0.00000336. The van der Waals surface area contributed by atoms with Crippen LogP contribution in [0.15, 0.2) is 96.3 Å². The van der Waals surface area contributed by atoms with Gasteiger partial charge in [0.25, 0.3) is 0 Å². The number of aromatic amines is 1. The fourth-order valence-electron chi connectivity index (χ4n) is 3.98. The van der Waals surface area contributed by atoms with Crippen LogP contribution < -0.4 is 20.9 Å². The number of rotatable bonds is 9. The number of primary sulfonamides is 1. The number of H-pyrrole nitrogens is 1. The van der Waals surface area contributed by atoms with Crippen LogP contribution in [0.5, 0.6) is 0 Å². The van der Waals surface area contributed by atoms with Crippen molar-refractivity contribution in [2.75, 3.05) is 10.3 Å². The van der Waals surface area contributed by atoms with Crippen LogP contribution >= 0.6 is 12.4 Å². The standard InChI is InChI=1S/C26H26N8O2S.ClH/c1-18(14-19-6-3-2-4-7-19)33-34(21-10-11-23-24(16-21)30-17-29-23)25-12-13-28-26(32-25)31-20-8-5-9-22(15-20)37(27,35)36;/h2-13,15-18,33H,14H2,1H3,(H,29,30)(H2,27,35,36)(H,28,31,32);1H. The van der Waals surface area contributed by atoms with Crippen molar-refractivity contribution in [2.24, 2.45) is 5.14 Å². The fourth-order valence-corrected chi connectivity index (χ4v) is 4.54. The summed E-state index contributed by atoms with van der Waals surface area (Å²) in [7, 11) is -3.83. The van der Waals surface area contributed by atoms with E-state index in [0.29, 0.717) is 17.5 Å². The van der Waals surface area contributed by atoms with E-state index >= 15 is 0 Å². The maximum atomic E-state index is 11.7. The molecule has 0 spiro atoms. The monoisotopic (exact) mass is 550 g/mol. The number of anilines is 4. The second kappa shape index (κ2) is 11.6.